The number of ether oxygens (including phenoxy) is 1. The van der Waals surface area contributed by atoms with Gasteiger partial charge in [-0.1, -0.05) is 11.6 Å². The van der Waals surface area contributed by atoms with Crippen LogP contribution in [0.5, 0.6) is 0 Å². The molecule has 0 atom stereocenters. The third-order valence-electron chi connectivity index (χ3n) is 3.23. The molecule has 0 aliphatic carbocycles. The number of thiazole rings is 1. The number of aromatic nitrogens is 2. The smallest absolute Gasteiger partial charge is 0.313 e. The van der Waals surface area contributed by atoms with E-state index in [-0.39, 0.29) is 18.3 Å². The van der Waals surface area contributed by atoms with Crippen molar-refractivity contribution in [2.24, 2.45) is 0 Å². The molecule has 9 heteroatoms. The van der Waals surface area contributed by atoms with Gasteiger partial charge in [0.1, 0.15) is 0 Å². The largest absolute Gasteiger partial charge is 0.466 e. The topological polar surface area (TPSA) is 94.3 Å². The number of rotatable bonds is 6. The monoisotopic (exact) mass is 391 g/mol. The van der Waals surface area contributed by atoms with Crippen molar-refractivity contribution < 1.29 is 18.7 Å². The molecular weight excluding hydrogens is 378 g/mol. The van der Waals surface area contributed by atoms with Crippen molar-refractivity contribution in [3.63, 3.8) is 0 Å². The molecule has 2 heterocycles. The van der Waals surface area contributed by atoms with Crippen molar-refractivity contribution >= 4 is 39.9 Å². The molecule has 7 nitrogen and oxygen atoms in total. The maximum Gasteiger partial charge on any atom is 0.313 e. The highest BCUT2D eigenvalue weighted by molar-refractivity contribution is 7.14. The summed E-state index contributed by atoms with van der Waals surface area (Å²) >= 11 is 7.05. The predicted molar refractivity (Wildman–Crippen MR) is 97.4 cm³/mol. The molecule has 0 radical (unpaired) electrons. The summed E-state index contributed by atoms with van der Waals surface area (Å²) in [6.45, 7) is 2.05. The van der Waals surface area contributed by atoms with Gasteiger partial charge in [0.15, 0.2) is 10.9 Å². The minimum Gasteiger partial charge on any atom is -0.466 e. The second kappa shape index (κ2) is 8.11. The molecule has 0 bridgehead atoms. The van der Waals surface area contributed by atoms with E-state index >= 15 is 0 Å². The summed E-state index contributed by atoms with van der Waals surface area (Å²) in [5, 5.41) is 5.23. The third kappa shape index (κ3) is 4.47. The van der Waals surface area contributed by atoms with Gasteiger partial charge in [-0.25, -0.2) is 9.97 Å². The van der Waals surface area contributed by atoms with Gasteiger partial charge in [0.05, 0.1) is 24.9 Å². The Labute approximate surface area is 158 Å². The van der Waals surface area contributed by atoms with Crippen LogP contribution in [0.15, 0.2) is 40.3 Å². The highest BCUT2D eigenvalue weighted by Crippen LogP contribution is 2.23. The Balaban J connectivity index is 1.64. The average molecular weight is 392 g/mol. The summed E-state index contributed by atoms with van der Waals surface area (Å²) in [5.41, 5.74) is 1.28. The van der Waals surface area contributed by atoms with E-state index in [1.807, 2.05) is 0 Å². The number of anilines is 1. The number of carbonyl (C=O) groups is 2. The fraction of sp³-hybridized carbons (Fsp3) is 0.176. The Morgan fingerprint density at radius 1 is 1.31 bits per heavy atom. The normalized spacial score (nSPS) is 10.5. The summed E-state index contributed by atoms with van der Waals surface area (Å²) in [5.74, 6) is -0.524. The van der Waals surface area contributed by atoms with Gasteiger partial charge in [-0.15, -0.1) is 11.3 Å². The van der Waals surface area contributed by atoms with Gasteiger partial charge in [0.2, 0.25) is 0 Å². The Bertz CT molecular complexity index is 920. The zero-order valence-electron chi connectivity index (χ0n) is 13.7. The molecule has 0 unspecified atom stereocenters. The van der Waals surface area contributed by atoms with Gasteiger partial charge >= 0.3 is 11.9 Å². The molecular formula is C17H14ClN3O4S. The van der Waals surface area contributed by atoms with E-state index in [9.17, 15) is 9.59 Å². The number of amides is 1. The van der Waals surface area contributed by atoms with Gasteiger partial charge in [-0.2, -0.15) is 0 Å². The standard InChI is InChI=1S/C17H14ClN3O4S/c1-2-24-14(22)7-12-9-26-17(20-12)21-15(23)16-19-8-13(25-16)10-3-5-11(18)6-4-10/h3-6,8-9H,2,7H2,1H3,(H,20,21,23). The van der Waals surface area contributed by atoms with Crippen molar-refractivity contribution in [3.05, 3.63) is 52.4 Å². The number of hydrogen-bond donors (Lipinski definition) is 1. The first-order valence-corrected chi connectivity index (χ1v) is 8.94. The molecule has 1 N–H and O–H groups in total. The molecule has 1 aromatic carbocycles. The molecule has 3 rings (SSSR count). The number of nitrogens with one attached hydrogen (secondary N) is 1. The second-order valence-electron chi connectivity index (χ2n) is 5.12. The Morgan fingerprint density at radius 2 is 2.08 bits per heavy atom. The highest BCUT2D eigenvalue weighted by Gasteiger charge is 2.16. The summed E-state index contributed by atoms with van der Waals surface area (Å²) in [6.07, 6.45) is 1.52. The summed E-state index contributed by atoms with van der Waals surface area (Å²) < 4.78 is 10.3. The van der Waals surface area contributed by atoms with Crippen molar-refractivity contribution in [1.82, 2.24) is 9.97 Å². The van der Waals surface area contributed by atoms with Crippen LogP contribution in [0.25, 0.3) is 11.3 Å². The molecule has 26 heavy (non-hydrogen) atoms. The van der Waals surface area contributed by atoms with Crippen LogP contribution in [0.1, 0.15) is 23.3 Å². The fourth-order valence-corrected chi connectivity index (χ4v) is 2.91. The van der Waals surface area contributed by atoms with Crippen LogP contribution in [0.2, 0.25) is 5.02 Å². The zero-order valence-corrected chi connectivity index (χ0v) is 15.3. The van der Waals surface area contributed by atoms with E-state index in [0.29, 0.717) is 28.2 Å². The van der Waals surface area contributed by atoms with Crippen LogP contribution in [0, 0.1) is 0 Å². The third-order valence-corrected chi connectivity index (χ3v) is 4.29. The number of carbonyl (C=O) groups excluding carboxylic acids is 2. The molecule has 0 saturated carbocycles. The SMILES string of the molecule is CCOC(=O)Cc1csc(NC(=O)c2ncc(-c3ccc(Cl)cc3)o2)n1. The summed E-state index contributed by atoms with van der Waals surface area (Å²) in [4.78, 5) is 31.8. The lowest BCUT2D eigenvalue weighted by atomic mass is 10.2. The summed E-state index contributed by atoms with van der Waals surface area (Å²) in [7, 11) is 0. The molecule has 0 saturated heterocycles. The molecule has 0 aliphatic heterocycles. The van der Waals surface area contributed by atoms with Crippen LogP contribution < -0.4 is 5.32 Å². The Morgan fingerprint density at radius 3 is 2.81 bits per heavy atom. The molecule has 0 fully saturated rings. The quantitative estimate of drug-likeness (QED) is 0.642. The minimum atomic E-state index is -0.526. The van der Waals surface area contributed by atoms with Crippen molar-refractivity contribution in [2.75, 3.05) is 11.9 Å². The van der Waals surface area contributed by atoms with Crippen LogP contribution in [-0.2, 0) is 16.0 Å². The van der Waals surface area contributed by atoms with Crippen LogP contribution in [0.3, 0.4) is 0 Å². The number of nitrogens with zero attached hydrogens (tertiary/aromatic N) is 2. The van der Waals surface area contributed by atoms with Crippen molar-refractivity contribution in [1.29, 1.82) is 0 Å². The van der Waals surface area contributed by atoms with E-state index in [1.165, 1.54) is 17.5 Å². The molecule has 0 spiro atoms. The van der Waals surface area contributed by atoms with Gasteiger partial charge in [0.25, 0.3) is 5.89 Å². The molecule has 1 amide bonds. The van der Waals surface area contributed by atoms with Crippen molar-refractivity contribution in [3.8, 4) is 11.3 Å². The first-order chi connectivity index (χ1) is 12.5. The van der Waals surface area contributed by atoms with Gasteiger partial charge in [-0.05, 0) is 31.2 Å². The minimum absolute atomic E-state index is 0.0555. The van der Waals surface area contributed by atoms with Gasteiger partial charge < -0.3 is 9.15 Å². The van der Waals surface area contributed by atoms with E-state index in [2.05, 4.69) is 15.3 Å². The number of esters is 1. The fourth-order valence-electron chi connectivity index (χ4n) is 2.08. The Kier molecular flexibility index (Phi) is 5.65. The Hall–Kier alpha value is -2.71. The van der Waals surface area contributed by atoms with E-state index in [0.717, 1.165) is 5.56 Å². The highest BCUT2D eigenvalue weighted by atomic mass is 35.5. The predicted octanol–water partition coefficient (Wildman–Crippen LogP) is 3.81. The van der Waals surface area contributed by atoms with Crippen molar-refractivity contribution in [2.45, 2.75) is 13.3 Å². The van der Waals surface area contributed by atoms with Crippen LogP contribution in [-0.4, -0.2) is 28.5 Å². The first kappa shape index (κ1) is 18.1. The molecule has 134 valence electrons. The van der Waals surface area contributed by atoms with Crippen LogP contribution in [0.4, 0.5) is 5.13 Å². The number of halogens is 1. The lowest BCUT2D eigenvalue weighted by Gasteiger charge is -1.99. The maximum absolute atomic E-state index is 12.2. The molecule has 0 aliphatic rings. The maximum atomic E-state index is 12.2. The number of hydrogen-bond acceptors (Lipinski definition) is 7. The van der Waals surface area contributed by atoms with E-state index in [1.54, 1.807) is 36.6 Å². The van der Waals surface area contributed by atoms with E-state index < -0.39 is 5.91 Å². The number of benzene rings is 1. The van der Waals surface area contributed by atoms with Gasteiger partial charge in [-0.3, -0.25) is 14.9 Å². The lowest BCUT2D eigenvalue weighted by molar-refractivity contribution is -0.142. The molecule has 3 aromatic rings. The average Bonchev–Trinajstić information content (AvgIpc) is 3.25. The van der Waals surface area contributed by atoms with Gasteiger partial charge in [0, 0.05) is 16.0 Å². The van der Waals surface area contributed by atoms with E-state index in [4.69, 9.17) is 20.8 Å². The first-order valence-electron chi connectivity index (χ1n) is 7.68. The lowest BCUT2D eigenvalue weighted by Crippen LogP contribution is -2.12. The number of oxazole rings is 1. The second-order valence-corrected chi connectivity index (χ2v) is 6.41. The summed E-state index contributed by atoms with van der Waals surface area (Å²) in [6, 6.07) is 6.99. The zero-order chi connectivity index (χ0) is 18.5. The van der Waals surface area contributed by atoms with Crippen LogP contribution >= 0.6 is 22.9 Å². The molecule has 2 aromatic heterocycles.